The largest absolute Gasteiger partial charge is 0.573 e. The highest BCUT2D eigenvalue weighted by molar-refractivity contribution is 5.33. The molecule has 22 heavy (non-hydrogen) atoms. The van der Waals surface area contributed by atoms with Crippen molar-refractivity contribution < 1.29 is 22.6 Å². The zero-order valence-electron chi connectivity index (χ0n) is 13.3. The average Bonchev–Trinajstić information content (AvgIpc) is 2.46. The molecule has 5 heteroatoms. The third kappa shape index (κ3) is 7.69. The molecule has 0 N–H and O–H groups in total. The first kappa shape index (κ1) is 18.8. The third-order valence-electron chi connectivity index (χ3n) is 3.61. The lowest BCUT2D eigenvalue weighted by molar-refractivity contribution is -0.274. The van der Waals surface area contributed by atoms with Crippen LogP contribution >= 0.6 is 0 Å². The standard InChI is InChI=1S/C17H25F3O2/c1-3-5-8-14(4-2)13-21-12-11-15-9-6-7-10-16(15)22-17(18,19)20/h6-7,9-10,14H,3-5,8,11-13H2,1-2H3. The minimum absolute atomic E-state index is 0.142. The van der Waals surface area contributed by atoms with Crippen molar-refractivity contribution >= 4 is 0 Å². The molecule has 1 unspecified atom stereocenters. The number of benzene rings is 1. The van der Waals surface area contributed by atoms with Gasteiger partial charge in [-0.3, -0.25) is 0 Å². The molecule has 0 bridgehead atoms. The summed E-state index contributed by atoms with van der Waals surface area (Å²) in [6.07, 6.45) is 0.304. The number of rotatable bonds is 10. The van der Waals surface area contributed by atoms with Crippen molar-refractivity contribution in [3.8, 4) is 5.75 Å². The van der Waals surface area contributed by atoms with Crippen LogP contribution in [-0.2, 0) is 11.2 Å². The number of ether oxygens (including phenoxy) is 2. The summed E-state index contributed by atoms with van der Waals surface area (Å²) in [5.41, 5.74) is 0.515. The van der Waals surface area contributed by atoms with E-state index in [1.54, 1.807) is 12.1 Å². The summed E-state index contributed by atoms with van der Waals surface area (Å²) in [6, 6.07) is 6.20. The maximum atomic E-state index is 12.3. The van der Waals surface area contributed by atoms with Crippen LogP contribution in [0.25, 0.3) is 0 Å². The van der Waals surface area contributed by atoms with Gasteiger partial charge >= 0.3 is 6.36 Å². The number of unbranched alkanes of at least 4 members (excludes halogenated alkanes) is 1. The van der Waals surface area contributed by atoms with Crippen LogP contribution in [0.4, 0.5) is 13.2 Å². The van der Waals surface area contributed by atoms with Gasteiger partial charge in [-0.05, 0) is 30.4 Å². The summed E-state index contributed by atoms with van der Waals surface area (Å²) < 4.78 is 46.6. The molecule has 2 nitrogen and oxygen atoms in total. The van der Waals surface area contributed by atoms with E-state index >= 15 is 0 Å². The lowest BCUT2D eigenvalue weighted by Gasteiger charge is -2.16. The predicted molar refractivity (Wildman–Crippen MR) is 81.0 cm³/mol. The van der Waals surface area contributed by atoms with Gasteiger partial charge in [0.2, 0.25) is 0 Å². The zero-order valence-corrected chi connectivity index (χ0v) is 13.3. The normalized spacial score (nSPS) is 13.1. The van der Waals surface area contributed by atoms with Crippen LogP contribution in [0.2, 0.25) is 0 Å². The van der Waals surface area contributed by atoms with Crippen molar-refractivity contribution in [1.82, 2.24) is 0 Å². The molecule has 1 aromatic carbocycles. The lowest BCUT2D eigenvalue weighted by Crippen LogP contribution is -2.18. The van der Waals surface area contributed by atoms with E-state index in [0.717, 1.165) is 12.8 Å². The summed E-state index contributed by atoms with van der Waals surface area (Å²) >= 11 is 0. The second-order valence-corrected chi connectivity index (χ2v) is 5.40. The van der Waals surface area contributed by atoms with E-state index in [1.807, 2.05) is 0 Å². The number of alkyl halides is 3. The quantitative estimate of drug-likeness (QED) is 0.541. The Kier molecular flexibility index (Phi) is 8.31. The van der Waals surface area contributed by atoms with Crippen LogP contribution < -0.4 is 4.74 Å². The molecule has 0 fully saturated rings. The van der Waals surface area contributed by atoms with E-state index < -0.39 is 6.36 Å². The summed E-state index contributed by atoms with van der Waals surface area (Å²) in [6.45, 7) is 5.36. The average molecular weight is 318 g/mol. The van der Waals surface area contributed by atoms with Gasteiger partial charge in [0, 0.05) is 6.61 Å². The highest BCUT2D eigenvalue weighted by atomic mass is 19.4. The molecule has 0 aromatic heterocycles. The smallest absolute Gasteiger partial charge is 0.406 e. The Morgan fingerprint density at radius 2 is 1.86 bits per heavy atom. The monoisotopic (exact) mass is 318 g/mol. The second-order valence-electron chi connectivity index (χ2n) is 5.40. The van der Waals surface area contributed by atoms with Crippen molar-refractivity contribution in [3.63, 3.8) is 0 Å². The Morgan fingerprint density at radius 1 is 1.14 bits per heavy atom. The lowest BCUT2D eigenvalue weighted by atomic mass is 10.0. The van der Waals surface area contributed by atoms with Crippen LogP contribution in [0.1, 0.15) is 45.1 Å². The van der Waals surface area contributed by atoms with Gasteiger partial charge in [-0.1, -0.05) is 51.3 Å². The fraction of sp³-hybridized carbons (Fsp3) is 0.647. The fourth-order valence-electron chi connectivity index (χ4n) is 2.26. The van der Waals surface area contributed by atoms with Crippen LogP contribution in [0.15, 0.2) is 24.3 Å². The Bertz CT molecular complexity index is 419. The van der Waals surface area contributed by atoms with Gasteiger partial charge in [0.05, 0.1) is 6.61 Å². The number of para-hydroxylation sites is 1. The predicted octanol–water partition coefficient (Wildman–Crippen LogP) is 5.36. The van der Waals surface area contributed by atoms with Gasteiger partial charge in [-0.15, -0.1) is 13.2 Å². The van der Waals surface area contributed by atoms with E-state index in [9.17, 15) is 13.2 Å². The van der Waals surface area contributed by atoms with Crippen LogP contribution in [0, 0.1) is 5.92 Å². The van der Waals surface area contributed by atoms with E-state index in [0.29, 0.717) is 31.1 Å². The Labute approximate surface area is 130 Å². The molecular formula is C17H25F3O2. The summed E-state index contributed by atoms with van der Waals surface area (Å²) in [7, 11) is 0. The molecule has 1 rings (SSSR count). The molecule has 0 spiro atoms. The van der Waals surface area contributed by atoms with Crippen LogP contribution in [0.3, 0.4) is 0 Å². The first-order valence-electron chi connectivity index (χ1n) is 7.87. The van der Waals surface area contributed by atoms with Gasteiger partial charge < -0.3 is 9.47 Å². The maximum Gasteiger partial charge on any atom is 0.573 e. The number of hydrogen-bond donors (Lipinski definition) is 0. The van der Waals surface area contributed by atoms with Gasteiger partial charge in [-0.25, -0.2) is 0 Å². The second kappa shape index (κ2) is 9.72. The van der Waals surface area contributed by atoms with Gasteiger partial charge in [0.15, 0.2) is 0 Å². The molecule has 1 aromatic rings. The Morgan fingerprint density at radius 3 is 2.50 bits per heavy atom. The summed E-state index contributed by atoms with van der Waals surface area (Å²) in [5, 5.41) is 0. The minimum Gasteiger partial charge on any atom is -0.406 e. The number of hydrogen-bond acceptors (Lipinski definition) is 2. The van der Waals surface area contributed by atoms with E-state index in [-0.39, 0.29) is 5.75 Å². The van der Waals surface area contributed by atoms with Crippen LogP contribution in [-0.4, -0.2) is 19.6 Å². The van der Waals surface area contributed by atoms with Crippen molar-refractivity contribution in [3.05, 3.63) is 29.8 Å². The molecule has 0 aliphatic rings. The van der Waals surface area contributed by atoms with E-state index in [4.69, 9.17) is 4.74 Å². The molecular weight excluding hydrogens is 293 g/mol. The van der Waals surface area contributed by atoms with Crippen molar-refractivity contribution in [2.45, 2.75) is 52.3 Å². The fourth-order valence-corrected chi connectivity index (χ4v) is 2.26. The molecule has 1 atom stereocenters. The Balaban J connectivity index is 2.41. The zero-order chi connectivity index (χ0) is 16.4. The van der Waals surface area contributed by atoms with E-state index in [1.165, 1.54) is 25.0 Å². The third-order valence-corrected chi connectivity index (χ3v) is 3.61. The summed E-state index contributed by atoms with van der Waals surface area (Å²) in [5.74, 6) is 0.387. The number of halogens is 3. The molecule has 0 aliphatic heterocycles. The van der Waals surface area contributed by atoms with Crippen molar-refractivity contribution in [2.75, 3.05) is 13.2 Å². The molecule has 0 aliphatic carbocycles. The van der Waals surface area contributed by atoms with Gasteiger partial charge in [-0.2, -0.15) is 0 Å². The minimum atomic E-state index is -4.66. The molecule has 0 heterocycles. The van der Waals surface area contributed by atoms with Crippen molar-refractivity contribution in [2.24, 2.45) is 5.92 Å². The van der Waals surface area contributed by atoms with E-state index in [2.05, 4.69) is 18.6 Å². The maximum absolute atomic E-state index is 12.3. The Hall–Kier alpha value is -1.23. The van der Waals surface area contributed by atoms with Crippen molar-refractivity contribution in [1.29, 1.82) is 0 Å². The molecule has 0 saturated heterocycles. The molecule has 0 radical (unpaired) electrons. The molecule has 0 saturated carbocycles. The first-order valence-corrected chi connectivity index (χ1v) is 7.87. The summed E-state index contributed by atoms with van der Waals surface area (Å²) in [4.78, 5) is 0. The highest BCUT2D eigenvalue weighted by Gasteiger charge is 2.31. The van der Waals surface area contributed by atoms with Gasteiger partial charge in [0.25, 0.3) is 0 Å². The topological polar surface area (TPSA) is 18.5 Å². The van der Waals surface area contributed by atoms with Gasteiger partial charge in [0.1, 0.15) is 5.75 Å². The first-order chi connectivity index (χ1) is 10.5. The van der Waals surface area contributed by atoms with Crippen LogP contribution in [0.5, 0.6) is 5.75 Å². The SMILES string of the molecule is CCCCC(CC)COCCc1ccccc1OC(F)(F)F. The molecule has 0 amide bonds. The molecule has 126 valence electrons. The highest BCUT2D eigenvalue weighted by Crippen LogP contribution is 2.26.